The van der Waals surface area contributed by atoms with Crippen LogP contribution in [0.25, 0.3) is 0 Å². The number of carbonyl (C=O) groups is 1. The minimum atomic E-state index is -0.199. The first-order valence-electron chi connectivity index (χ1n) is 6.16. The standard InChI is InChI=1S/C13H21NO3/c1-9-10(8-17-12(9)15)14-7-5-6-11(14)13(2,3)16-4/h11H,5-8H2,1-4H3/t11-/m0/s1. The molecule has 0 saturated carbocycles. The maximum atomic E-state index is 11.4. The molecular weight excluding hydrogens is 218 g/mol. The van der Waals surface area contributed by atoms with Gasteiger partial charge in [0.2, 0.25) is 0 Å². The quantitative estimate of drug-likeness (QED) is 0.703. The van der Waals surface area contributed by atoms with Crippen LogP contribution >= 0.6 is 0 Å². The van der Waals surface area contributed by atoms with Crippen molar-refractivity contribution in [1.82, 2.24) is 4.90 Å². The Hall–Kier alpha value is -1.03. The molecule has 0 aliphatic carbocycles. The lowest BCUT2D eigenvalue weighted by Crippen LogP contribution is -2.46. The number of nitrogens with zero attached hydrogens (tertiary/aromatic N) is 1. The van der Waals surface area contributed by atoms with Gasteiger partial charge in [-0.3, -0.25) is 0 Å². The van der Waals surface area contributed by atoms with Gasteiger partial charge >= 0.3 is 5.97 Å². The zero-order valence-electron chi connectivity index (χ0n) is 11.1. The van der Waals surface area contributed by atoms with Crippen LogP contribution in [0.15, 0.2) is 11.3 Å². The average Bonchev–Trinajstić information content (AvgIpc) is 2.88. The van der Waals surface area contributed by atoms with Gasteiger partial charge in [0.15, 0.2) is 0 Å². The zero-order chi connectivity index (χ0) is 12.6. The first-order chi connectivity index (χ1) is 7.97. The molecule has 0 bridgehead atoms. The highest BCUT2D eigenvalue weighted by atomic mass is 16.5. The van der Waals surface area contributed by atoms with Crippen LogP contribution in [0.1, 0.15) is 33.6 Å². The number of carbonyl (C=O) groups excluding carboxylic acids is 1. The Morgan fingerprint density at radius 3 is 2.71 bits per heavy atom. The SMILES string of the molecule is COC(C)(C)[C@@H]1CCCN1C1=C(C)C(=O)OC1. The van der Waals surface area contributed by atoms with E-state index < -0.39 is 0 Å². The van der Waals surface area contributed by atoms with Crippen LogP contribution in [0.4, 0.5) is 0 Å². The molecule has 2 rings (SSSR count). The third-order valence-electron chi connectivity index (χ3n) is 4.01. The Kier molecular flexibility index (Phi) is 3.17. The number of cyclic esters (lactones) is 1. The first-order valence-corrected chi connectivity index (χ1v) is 6.16. The molecule has 2 aliphatic rings. The van der Waals surface area contributed by atoms with E-state index in [2.05, 4.69) is 18.7 Å². The number of methoxy groups -OCH3 is 1. The monoisotopic (exact) mass is 239 g/mol. The second kappa shape index (κ2) is 4.33. The van der Waals surface area contributed by atoms with Crippen molar-refractivity contribution in [2.75, 3.05) is 20.3 Å². The third-order valence-corrected chi connectivity index (χ3v) is 4.01. The van der Waals surface area contributed by atoms with Gasteiger partial charge in [-0.1, -0.05) is 0 Å². The smallest absolute Gasteiger partial charge is 0.335 e. The summed E-state index contributed by atoms with van der Waals surface area (Å²) in [6, 6.07) is 0.326. The molecular formula is C13H21NO3. The molecule has 2 heterocycles. The lowest BCUT2D eigenvalue weighted by Gasteiger charge is -2.38. The van der Waals surface area contributed by atoms with Gasteiger partial charge in [0, 0.05) is 13.7 Å². The number of rotatable bonds is 3. The van der Waals surface area contributed by atoms with Crippen LogP contribution in [0.2, 0.25) is 0 Å². The third kappa shape index (κ3) is 2.06. The molecule has 0 aromatic carbocycles. The maximum Gasteiger partial charge on any atom is 0.335 e. The van der Waals surface area contributed by atoms with Gasteiger partial charge in [-0.05, 0) is 33.6 Å². The predicted molar refractivity (Wildman–Crippen MR) is 64.5 cm³/mol. The van der Waals surface area contributed by atoms with E-state index in [1.165, 1.54) is 0 Å². The molecule has 0 aromatic rings. The minimum absolute atomic E-state index is 0.180. The highest BCUT2D eigenvalue weighted by molar-refractivity contribution is 5.90. The summed E-state index contributed by atoms with van der Waals surface area (Å²) in [5.41, 5.74) is 1.60. The van der Waals surface area contributed by atoms with Gasteiger partial charge in [0.05, 0.1) is 22.9 Å². The number of hydrogen-bond acceptors (Lipinski definition) is 4. The maximum absolute atomic E-state index is 11.4. The molecule has 1 atom stereocenters. The number of likely N-dealkylation sites (tertiary alicyclic amines) is 1. The van der Waals surface area contributed by atoms with E-state index in [1.807, 2.05) is 6.92 Å². The summed E-state index contributed by atoms with van der Waals surface area (Å²) >= 11 is 0. The molecule has 0 amide bonds. The van der Waals surface area contributed by atoms with Gasteiger partial charge < -0.3 is 14.4 Å². The second-order valence-electron chi connectivity index (χ2n) is 5.31. The van der Waals surface area contributed by atoms with Crippen LogP contribution in [-0.2, 0) is 14.3 Å². The first kappa shape index (κ1) is 12.4. The molecule has 4 nitrogen and oxygen atoms in total. The zero-order valence-corrected chi connectivity index (χ0v) is 11.1. The van der Waals surface area contributed by atoms with Crippen LogP contribution < -0.4 is 0 Å². The molecule has 1 fully saturated rings. The molecule has 1 saturated heterocycles. The number of hydrogen-bond donors (Lipinski definition) is 0. The van der Waals surface area contributed by atoms with Crippen molar-refractivity contribution in [2.45, 2.75) is 45.3 Å². The van der Waals surface area contributed by atoms with Crippen LogP contribution in [-0.4, -0.2) is 42.8 Å². The Bertz CT molecular complexity index is 360. The summed E-state index contributed by atoms with van der Waals surface area (Å²) in [6.45, 7) is 7.45. The van der Waals surface area contributed by atoms with Gasteiger partial charge in [-0.25, -0.2) is 4.79 Å². The fourth-order valence-corrected chi connectivity index (χ4v) is 2.72. The highest BCUT2D eigenvalue weighted by Gasteiger charge is 2.40. The summed E-state index contributed by atoms with van der Waals surface area (Å²) in [5.74, 6) is -0.180. The van der Waals surface area contributed by atoms with Gasteiger partial charge in [0.1, 0.15) is 6.61 Å². The summed E-state index contributed by atoms with van der Waals surface area (Å²) in [4.78, 5) is 13.7. The number of esters is 1. The van der Waals surface area contributed by atoms with E-state index in [9.17, 15) is 4.79 Å². The molecule has 0 aromatic heterocycles. The average molecular weight is 239 g/mol. The van der Waals surface area contributed by atoms with Gasteiger partial charge in [-0.2, -0.15) is 0 Å². The van der Waals surface area contributed by atoms with Crippen molar-refractivity contribution in [2.24, 2.45) is 0 Å². The van der Waals surface area contributed by atoms with E-state index in [-0.39, 0.29) is 11.6 Å². The Balaban J connectivity index is 2.24. The molecule has 0 unspecified atom stereocenters. The lowest BCUT2D eigenvalue weighted by atomic mass is 9.95. The summed E-state index contributed by atoms with van der Waals surface area (Å²) in [7, 11) is 1.74. The Labute approximate surface area is 103 Å². The fraction of sp³-hybridized carbons (Fsp3) is 0.769. The lowest BCUT2D eigenvalue weighted by molar-refractivity contribution is -0.136. The molecule has 96 valence electrons. The van der Waals surface area contributed by atoms with Crippen molar-refractivity contribution < 1.29 is 14.3 Å². The van der Waals surface area contributed by atoms with Crippen molar-refractivity contribution in [3.8, 4) is 0 Å². The molecule has 4 heteroatoms. The van der Waals surface area contributed by atoms with E-state index in [0.29, 0.717) is 12.6 Å². The molecule has 0 spiro atoms. The van der Waals surface area contributed by atoms with Crippen molar-refractivity contribution in [1.29, 1.82) is 0 Å². The molecule has 17 heavy (non-hydrogen) atoms. The van der Waals surface area contributed by atoms with E-state index in [0.717, 1.165) is 30.7 Å². The fourth-order valence-electron chi connectivity index (χ4n) is 2.72. The van der Waals surface area contributed by atoms with E-state index >= 15 is 0 Å². The molecule has 0 radical (unpaired) electrons. The van der Waals surface area contributed by atoms with Crippen molar-refractivity contribution in [3.05, 3.63) is 11.3 Å². The second-order valence-corrected chi connectivity index (χ2v) is 5.31. The Morgan fingerprint density at radius 2 is 2.18 bits per heavy atom. The largest absolute Gasteiger partial charge is 0.456 e. The Morgan fingerprint density at radius 1 is 1.47 bits per heavy atom. The van der Waals surface area contributed by atoms with E-state index in [1.54, 1.807) is 7.11 Å². The van der Waals surface area contributed by atoms with Crippen LogP contribution in [0.3, 0.4) is 0 Å². The highest BCUT2D eigenvalue weighted by Crippen LogP contribution is 2.34. The molecule has 2 aliphatic heterocycles. The van der Waals surface area contributed by atoms with Gasteiger partial charge in [-0.15, -0.1) is 0 Å². The van der Waals surface area contributed by atoms with Crippen molar-refractivity contribution in [3.63, 3.8) is 0 Å². The van der Waals surface area contributed by atoms with Crippen LogP contribution in [0.5, 0.6) is 0 Å². The van der Waals surface area contributed by atoms with Crippen LogP contribution in [0, 0.1) is 0 Å². The minimum Gasteiger partial charge on any atom is -0.456 e. The van der Waals surface area contributed by atoms with Gasteiger partial charge in [0.25, 0.3) is 0 Å². The topological polar surface area (TPSA) is 38.8 Å². The molecule has 0 N–H and O–H groups in total. The summed E-state index contributed by atoms with van der Waals surface area (Å²) < 4.78 is 10.7. The van der Waals surface area contributed by atoms with E-state index in [4.69, 9.17) is 9.47 Å². The normalized spacial score (nSPS) is 25.8. The predicted octanol–water partition coefficient (Wildman–Crippen LogP) is 1.71. The van der Waals surface area contributed by atoms with Crippen molar-refractivity contribution >= 4 is 5.97 Å². The summed E-state index contributed by atoms with van der Waals surface area (Å²) in [5, 5.41) is 0. The summed E-state index contributed by atoms with van der Waals surface area (Å²) in [6.07, 6.45) is 2.24. The number of ether oxygens (including phenoxy) is 2.